The van der Waals surface area contributed by atoms with Crippen molar-refractivity contribution < 1.29 is 0 Å². The summed E-state index contributed by atoms with van der Waals surface area (Å²) in [6, 6.07) is 10.6. The highest BCUT2D eigenvalue weighted by atomic mass is 15.2. The Kier molecular flexibility index (Phi) is 3.92. The lowest BCUT2D eigenvalue weighted by molar-refractivity contribution is 0.902. The van der Waals surface area contributed by atoms with Gasteiger partial charge in [0.15, 0.2) is 5.82 Å². The van der Waals surface area contributed by atoms with Crippen molar-refractivity contribution in [2.45, 2.75) is 33.7 Å². The highest BCUT2D eigenvalue weighted by molar-refractivity contribution is 5.43. The Morgan fingerprint density at radius 2 is 1.78 bits per heavy atom. The average Bonchev–Trinajstić information content (AvgIpc) is 2.39. The minimum absolute atomic E-state index is 0.779. The van der Waals surface area contributed by atoms with Gasteiger partial charge in [-0.15, -0.1) is 5.10 Å². The van der Waals surface area contributed by atoms with E-state index in [4.69, 9.17) is 0 Å². The molecule has 0 saturated carbocycles. The summed E-state index contributed by atoms with van der Waals surface area (Å²) in [6.07, 6.45) is 0.923. The van der Waals surface area contributed by atoms with Gasteiger partial charge in [0, 0.05) is 6.54 Å². The minimum Gasteiger partial charge on any atom is -0.364 e. The molecule has 0 bridgehead atoms. The van der Waals surface area contributed by atoms with Crippen LogP contribution in [-0.2, 0) is 13.0 Å². The second-order valence-corrected chi connectivity index (χ2v) is 4.56. The number of rotatable bonds is 4. The van der Waals surface area contributed by atoms with Gasteiger partial charge >= 0.3 is 0 Å². The molecule has 94 valence electrons. The minimum atomic E-state index is 0.779. The van der Waals surface area contributed by atoms with Crippen LogP contribution < -0.4 is 5.32 Å². The lowest BCUT2D eigenvalue weighted by Crippen LogP contribution is -2.05. The predicted molar refractivity (Wildman–Crippen MR) is 74.7 cm³/mol. The molecule has 0 atom stereocenters. The van der Waals surface area contributed by atoms with Crippen LogP contribution in [0.3, 0.4) is 0 Å². The largest absolute Gasteiger partial charge is 0.364 e. The fourth-order valence-electron chi connectivity index (χ4n) is 1.78. The molecule has 0 aliphatic rings. The Morgan fingerprint density at radius 1 is 1.06 bits per heavy atom. The molecule has 3 heteroatoms. The number of benzene rings is 1. The fraction of sp³-hybridized carbons (Fsp3) is 0.333. The third kappa shape index (κ3) is 3.06. The van der Waals surface area contributed by atoms with Gasteiger partial charge in [-0.25, -0.2) is 0 Å². The first-order valence-corrected chi connectivity index (χ1v) is 6.31. The van der Waals surface area contributed by atoms with Gasteiger partial charge in [0.2, 0.25) is 0 Å². The summed E-state index contributed by atoms with van der Waals surface area (Å²) in [5.41, 5.74) is 4.71. The second kappa shape index (κ2) is 5.63. The van der Waals surface area contributed by atoms with E-state index in [-0.39, 0.29) is 0 Å². The molecule has 0 fully saturated rings. The lowest BCUT2D eigenvalue weighted by Gasteiger charge is -2.08. The molecule has 0 aliphatic heterocycles. The van der Waals surface area contributed by atoms with E-state index < -0.39 is 0 Å². The quantitative estimate of drug-likeness (QED) is 0.892. The zero-order valence-electron chi connectivity index (χ0n) is 11.2. The molecule has 1 N–H and O–H groups in total. The van der Waals surface area contributed by atoms with E-state index in [1.807, 2.05) is 0 Å². The summed E-state index contributed by atoms with van der Waals surface area (Å²) in [4.78, 5) is 0. The van der Waals surface area contributed by atoms with E-state index in [1.54, 1.807) is 0 Å². The lowest BCUT2D eigenvalue weighted by atomic mass is 10.1. The Balaban J connectivity index is 2.04. The molecule has 2 rings (SSSR count). The standard InChI is InChI=1S/C15H19N3/c1-4-14-9-12(3)15(18-17-14)16-10-13-7-5-11(2)6-8-13/h5-9H,4,10H2,1-3H3,(H,16,18). The van der Waals surface area contributed by atoms with Gasteiger partial charge in [0.05, 0.1) is 5.69 Å². The summed E-state index contributed by atoms with van der Waals surface area (Å²) < 4.78 is 0. The number of nitrogens with zero attached hydrogens (tertiary/aromatic N) is 2. The first-order chi connectivity index (χ1) is 8.69. The summed E-state index contributed by atoms with van der Waals surface area (Å²) in [7, 11) is 0. The zero-order chi connectivity index (χ0) is 13.0. The van der Waals surface area contributed by atoms with Gasteiger partial charge in [-0.2, -0.15) is 5.10 Å². The third-order valence-electron chi connectivity index (χ3n) is 2.98. The molecule has 3 nitrogen and oxygen atoms in total. The summed E-state index contributed by atoms with van der Waals surface area (Å²) in [6.45, 7) is 7.02. The first kappa shape index (κ1) is 12.6. The molecule has 0 radical (unpaired) electrons. The van der Waals surface area contributed by atoms with Gasteiger partial charge in [-0.1, -0.05) is 36.8 Å². The van der Waals surface area contributed by atoms with Crippen LogP contribution in [0.4, 0.5) is 5.82 Å². The summed E-state index contributed by atoms with van der Waals surface area (Å²) in [5.74, 6) is 0.868. The van der Waals surface area contributed by atoms with Crippen LogP contribution in [0.25, 0.3) is 0 Å². The van der Waals surface area contributed by atoms with Crippen molar-refractivity contribution in [1.29, 1.82) is 0 Å². The zero-order valence-corrected chi connectivity index (χ0v) is 11.2. The molecule has 0 unspecified atom stereocenters. The summed E-state index contributed by atoms with van der Waals surface area (Å²) in [5, 5.41) is 11.7. The highest BCUT2D eigenvalue weighted by Crippen LogP contribution is 2.13. The van der Waals surface area contributed by atoms with E-state index in [2.05, 4.69) is 66.6 Å². The molecule has 0 spiro atoms. The number of hydrogen-bond acceptors (Lipinski definition) is 3. The molecular formula is C15H19N3. The Morgan fingerprint density at radius 3 is 2.39 bits per heavy atom. The van der Waals surface area contributed by atoms with Gasteiger partial charge in [0.25, 0.3) is 0 Å². The molecular weight excluding hydrogens is 222 g/mol. The normalized spacial score (nSPS) is 10.4. The number of hydrogen-bond donors (Lipinski definition) is 1. The number of aromatic nitrogens is 2. The molecule has 1 heterocycles. The van der Waals surface area contributed by atoms with Crippen molar-refractivity contribution in [3.05, 3.63) is 52.7 Å². The second-order valence-electron chi connectivity index (χ2n) is 4.56. The molecule has 1 aromatic heterocycles. The van der Waals surface area contributed by atoms with Gasteiger partial charge in [0.1, 0.15) is 0 Å². The van der Waals surface area contributed by atoms with Gasteiger partial charge in [-0.05, 0) is 37.5 Å². The van der Waals surface area contributed by atoms with Gasteiger partial charge < -0.3 is 5.32 Å². The maximum absolute atomic E-state index is 4.22. The molecule has 0 amide bonds. The van der Waals surface area contributed by atoms with Crippen LogP contribution in [0.1, 0.15) is 29.3 Å². The van der Waals surface area contributed by atoms with Crippen molar-refractivity contribution in [1.82, 2.24) is 10.2 Å². The maximum Gasteiger partial charge on any atom is 0.151 e. The third-order valence-corrected chi connectivity index (χ3v) is 2.98. The Bertz CT molecular complexity index is 518. The van der Waals surface area contributed by atoms with Crippen LogP contribution in [0.5, 0.6) is 0 Å². The van der Waals surface area contributed by atoms with Crippen LogP contribution in [0.15, 0.2) is 30.3 Å². The Hall–Kier alpha value is -1.90. The molecule has 2 aromatic rings. The molecule has 18 heavy (non-hydrogen) atoms. The van der Waals surface area contributed by atoms with Crippen LogP contribution in [0.2, 0.25) is 0 Å². The number of aryl methyl sites for hydroxylation is 3. The predicted octanol–water partition coefficient (Wildman–Crippen LogP) is 3.27. The van der Waals surface area contributed by atoms with Gasteiger partial charge in [-0.3, -0.25) is 0 Å². The summed E-state index contributed by atoms with van der Waals surface area (Å²) >= 11 is 0. The van der Waals surface area contributed by atoms with Crippen LogP contribution in [0, 0.1) is 13.8 Å². The number of anilines is 1. The molecule has 1 aromatic carbocycles. The van der Waals surface area contributed by atoms with Crippen molar-refractivity contribution >= 4 is 5.82 Å². The van der Waals surface area contributed by atoms with E-state index in [0.29, 0.717) is 0 Å². The monoisotopic (exact) mass is 241 g/mol. The topological polar surface area (TPSA) is 37.8 Å². The van der Waals surface area contributed by atoms with Crippen molar-refractivity contribution in [3.63, 3.8) is 0 Å². The SMILES string of the molecule is CCc1cc(C)c(NCc2ccc(C)cc2)nn1. The highest BCUT2D eigenvalue weighted by Gasteiger charge is 2.02. The first-order valence-electron chi connectivity index (χ1n) is 6.31. The van der Waals surface area contributed by atoms with E-state index >= 15 is 0 Å². The van der Waals surface area contributed by atoms with Crippen LogP contribution >= 0.6 is 0 Å². The average molecular weight is 241 g/mol. The van der Waals surface area contributed by atoms with E-state index in [0.717, 1.165) is 30.0 Å². The molecule has 0 aliphatic carbocycles. The Labute approximate surface area is 108 Å². The van der Waals surface area contributed by atoms with E-state index in [9.17, 15) is 0 Å². The van der Waals surface area contributed by atoms with Crippen molar-refractivity contribution in [2.75, 3.05) is 5.32 Å². The fourth-order valence-corrected chi connectivity index (χ4v) is 1.78. The number of nitrogens with one attached hydrogen (secondary N) is 1. The van der Waals surface area contributed by atoms with E-state index in [1.165, 1.54) is 11.1 Å². The van der Waals surface area contributed by atoms with Crippen molar-refractivity contribution in [2.24, 2.45) is 0 Å². The smallest absolute Gasteiger partial charge is 0.151 e. The maximum atomic E-state index is 4.22. The van der Waals surface area contributed by atoms with Crippen molar-refractivity contribution in [3.8, 4) is 0 Å². The molecule has 0 saturated heterocycles. The van der Waals surface area contributed by atoms with Crippen LogP contribution in [-0.4, -0.2) is 10.2 Å².